The average Bonchev–Trinajstić information content (AvgIpc) is 3.00. The van der Waals surface area contributed by atoms with Gasteiger partial charge in [-0.25, -0.2) is 0 Å². The van der Waals surface area contributed by atoms with Gasteiger partial charge in [0, 0.05) is 28.4 Å². The first-order valence-electron chi connectivity index (χ1n) is 11.3. The number of fused-ring (bicyclic) bond motifs is 2. The van der Waals surface area contributed by atoms with Crippen LogP contribution < -0.4 is 14.4 Å². The third-order valence-corrected chi connectivity index (χ3v) is 7.54. The number of methoxy groups -OCH3 is 1. The van der Waals surface area contributed by atoms with Crippen molar-refractivity contribution in [2.75, 3.05) is 12.0 Å². The maximum Gasteiger partial charge on any atom is 0.118 e. The third-order valence-electron chi connectivity index (χ3n) is 6.58. The molecule has 1 aliphatic heterocycles. The van der Waals surface area contributed by atoms with Crippen LogP contribution in [0.4, 0.5) is 11.4 Å². The number of hydrogen-bond donors (Lipinski definition) is 1. The fraction of sp³-hybridized carbons (Fsp3) is 0.333. The minimum absolute atomic E-state index is 0.508. The normalized spacial score (nSPS) is 20.5. The predicted molar refractivity (Wildman–Crippen MR) is 130 cm³/mol. The van der Waals surface area contributed by atoms with Gasteiger partial charge in [0.1, 0.15) is 5.75 Å². The molecule has 2 aliphatic rings. The first kappa shape index (κ1) is 20.5. The molecule has 0 spiro atoms. The second-order valence-corrected chi connectivity index (χ2v) is 9.45. The van der Waals surface area contributed by atoms with Crippen LogP contribution in [0.5, 0.6) is 5.75 Å². The third kappa shape index (κ3) is 4.46. The van der Waals surface area contributed by atoms with Crippen molar-refractivity contribution in [1.82, 2.24) is 4.72 Å². The van der Waals surface area contributed by atoms with Crippen molar-refractivity contribution < 1.29 is 4.74 Å². The zero-order chi connectivity index (χ0) is 21.0. The Kier molecular flexibility index (Phi) is 6.19. The zero-order valence-electron chi connectivity index (χ0n) is 18.1. The van der Waals surface area contributed by atoms with Crippen LogP contribution in [0.25, 0.3) is 0 Å². The number of hydrogen-bond acceptors (Lipinski definition) is 4. The minimum atomic E-state index is 0.508. The van der Waals surface area contributed by atoms with Crippen LogP contribution in [0.1, 0.15) is 36.8 Å². The molecule has 1 fully saturated rings. The molecule has 2 atom stereocenters. The van der Waals surface area contributed by atoms with E-state index in [0.29, 0.717) is 12.1 Å². The van der Waals surface area contributed by atoms with Crippen molar-refractivity contribution in [3.63, 3.8) is 0 Å². The van der Waals surface area contributed by atoms with E-state index in [1.54, 1.807) is 19.1 Å². The molecular formula is C27H30N2OS. The fourth-order valence-corrected chi connectivity index (χ4v) is 5.80. The molecule has 31 heavy (non-hydrogen) atoms. The van der Waals surface area contributed by atoms with E-state index in [-0.39, 0.29) is 0 Å². The highest BCUT2D eigenvalue weighted by molar-refractivity contribution is 7.97. The molecule has 3 nitrogen and oxygen atoms in total. The fourth-order valence-electron chi connectivity index (χ4n) is 5.01. The second kappa shape index (κ2) is 9.37. The van der Waals surface area contributed by atoms with E-state index in [4.69, 9.17) is 4.74 Å². The standard InChI is InChI=1S/C27H30N2OS/c1-30-24-15-17-25(18-16-24)31-28-22-9-6-10-23(19-22)29-26-11-4-2-7-20(26)13-14-21-8-3-5-12-27(21)29/h2-5,7-8,11-12,15-18,22-23,28H,6,9-10,13-14,19H2,1H3. The molecule has 160 valence electrons. The summed E-state index contributed by atoms with van der Waals surface area (Å²) in [5.41, 5.74) is 5.75. The maximum atomic E-state index is 5.28. The Hall–Kier alpha value is -2.43. The molecule has 3 aromatic rings. The summed E-state index contributed by atoms with van der Waals surface area (Å²) >= 11 is 1.75. The largest absolute Gasteiger partial charge is 0.497 e. The number of para-hydroxylation sites is 2. The predicted octanol–water partition coefficient (Wildman–Crippen LogP) is 6.54. The van der Waals surface area contributed by atoms with Gasteiger partial charge in [0.15, 0.2) is 0 Å². The molecule has 0 saturated heterocycles. The number of anilines is 2. The van der Waals surface area contributed by atoms with Gasteiger partial charge in [-0.05, 0) is 98.0 Å². The smallest absolute Gasteiger partial charge is 0.118 e. The van der Waals surface area contributed by atoms with Crippen LogP contribution in [-0.4, -0.2) is 19.2 Å². The van der Waals surface area contributed by atoms with Gasteiger partial charge in [-0.1, -0.05) is 36.4 Å². The number of nitrogens with zero attached hydrogens (tertiary/aromatic N) is 1. The van der Waals surface area contributed by atoms with E-state index in [1.807, 2.05) is 12.1 Å². The molecule has 2 unspecified atom stereocenters. The molecule has 0 aromatic heterocycles. The molecule has 3 aromatic carbocycles. The number of aryl methyl sites for hydroxylation is 2. The molecule has 0 bridgehead atoms. The van der Waals surface area contributed by atoms with E-state index >= 15 is 0 Å². The molecule has 1 heterocycles. The molecule has 5 rings (SSSR count). The quantitative estimate of drug-likeness (QED) is 0.465. The van der Waals surface area contributed by atoms with Crippen molar-refractivity contribution in [2.45, 2.75) is 55.5 Å². The highest BCUT2D eigenvalue weighted by Gasteiger charge is 2.31. The molecular weight excluding hydrogens is 400 g/mol. The Morgan fingerprint density at radius 3 is 2.13 bits per heavy atom. The Morgan fingerprint density at radius 1 is 0.839 bits per heavy atom. The first-order chi connectivity index (χ1) is 15.3. The maximum absolute atomic E-state index is 5.28. The first-order valence-corrected chi connectivity index (χ1v) is 12.1. The Morgan fingerprint density at radius 2 is 1.48 bits per heavy atom. The van der Waals surface area contributed by atoms with Crippen molar-refractivity contribution in [3.05, 3.63) is 83.9 Å². The lowest BCUT2D eigenvalue weighted by Crippen LogP contribution is -2.41. The van der Waals surface area contributed by atoms with E-state index in [2.05, 4.69) is 70.3 Å². The van der Waals surface area contributed by atoms with Crippen molar-refractivity contribution in [3.8, 4) is 5.75 Å². The summed E-state index contributed by atoms with van der Waals surface area (Å²) in [4.78, 5) is 3.89. The lowest BCUT2D eigenvalue weighted by atomic mass is 9.89. The molecule has 4 heteroatoms. The van der Waals surface area contributed by atoms with Gasteiger partial charge in [0.2, 0.25) is 0 Å². The average molecular weight is 431 g/mol. The monoisotopic (exact) mass is 430 g/mol. The highest BCUT2D eigenvalue weighted by atomic mass is 32.2. The van der Waals surface area contributed by atoms with Crippen LogP contribution in [0, 0.1) is 0 Å². The van der Waals surface area contributed by atoms with Crippen molar-refractivity contribution in [1.29, 1.82) is 0 Å². The minimum Gasteiger partial charge on any atom is -0.497 e. The molecule has 1 aliphatic carbocycles. The topological polar surface area (TPSA) is 24.5 Å². The van der Waals surface area contributed by atoms with Crippen LogP contribution in [0.2, 0.25) is 0 Å². The second-order valence-electron chi connectivity index (χ2n) is 8.54. The summed E-state index contributed by atoms with van der Waals surface area (Å²) < 4.78 is 9.03. The lowest BCUT2D eigenvalue weighted by Gasteiger charge is -2.40. The summed E-state index contributed by atoms with van der Waals surface area (Å²) in [7, 11) is 1.71. The van der Waals surface area contributed by atoms with Gasteiger partial charge in [0.05, 0.1) is 7.11 Å². The summed E-state index contributed by atoms with van der Waals surface area (Å²) in [5.74, 6) is 0.903. The van der Waals surface area contributed by atoms with E-state index in [0.717, 1.165) is 25.0 Å². The molecule has 1 N–H and O–H groups in total. The van der Waals surface area contributed by atoms with Crippen LogP contribution in [0.3, 0.4) is 0 Å². The van der Waals surface area contributed by atoms with Crippen molar-refractivity contribution >= 4 is 23.3 Å². The van der Waals surface area contributed by atoms with Gasteiger partial charge in [-0.3, -0.25) is 4.72 Å². The van der Waals surface area contributed by atoms with Gasteiger partial charge in [-0.15, -0.1) is 0 Å². The van der Waals surface area contributed by atoms with E-state index in [9.17, 15) is 0 Å². The zero-order valence-corrected chi connectivity index (χ0v) is 18.9. The van der Waals surface area contributed by atoms with Gasteiger partial charge >= 0.3 is 0 Å². The Bertz CT molecular complexity index is 972. The van der Waals surface area contributed by atoms with Gasteiger partial charge < -0.3 is 9.64 Å². The van der Waals surface area contributed by atoms with Crippen LogP contribution in [-0.2, 0) is 12.8 Å². The van der Waals surface area contributed by atoms with Crippen LogP contribution >= 0.6 is 11.9 Å². The molecule has 1 saturated carbocycles. The lowest BCUT2D eigenvalue weighted by molar-refractivity contribution is 0.375. The highest BCUT2D eigenvalue weighted by Crippen LogP contribution is 2.41. The van der Waals surface area contributed by atoms with Crippen molar-refractivity contribution in [2.24, 2.45) is 0 Å². The number of benzene rings is 3. The van der Waals surface area contributed by atoms with Gasteiger partial charge in [0.25, 0.3) is 0 Å². The summed E-state index contributed by atoms with van der Waals surface area (Å²) in [5, 5.41) is 0. The molecule has 0 amide bonds. The van der Waals surface area contributed by atoms with E-state index in [1.165, 1.54) is 46.7 Å². The number of nitrogens with one attached hydrogen (secondary N) is 1. The van der Waals surface area contributed by atoms with E-state index < -0.39 is 0 Å². The Balaban J connectivity index is 1.36. The SMILES string of the molecule is COc1ccc(SNC2CCCC(N3c4ccccc4CCc4ccccc43)C2)cc1. The summed E-state index contributed by atoms with van der Waals surface area (Å²) in [6.07, 6.45) is 7.12. The summed E-state index contributed by atoms with van der Waals surface area (Å²) in [6, 6.07) is 27.3. The van der Waals surface area contributed by atoms with Crippen LogP contribution in [0.15, 0.2) is 77.7 Å². The Labute approximate surface area is 190 Å². The number of ether oxygens (including phenoxy) is 1. The number of rotatable bonds is 5. The molecule has 0 radical (unpaired) electrons. The van der Waals surface area contributed by atoms with Gasteiger partial charge in [-0.2, -0.15) is 0 Å². The summed E-state index contributed by atoms with van der Waals surface area (Å²) in [6.45, 7) is 0.